The molecule has 0 saturated carbocycles. The molecule has 2 unspecified atom stereocenters. The van der Waals surface area contributed by atoms with E-state index in [0.29, 0.717) is 12.2 Å². The molecule has 4 heteroatoms. The van der Waals surface area contributed by atoms with Gasteiger partial charge >= 0.3 is 0 Å². The van der Waals surface area contributed by atoms with Crippen LogP contribution in [0.2, 0.25) is 5.02 Å². The average molecular weight is 240 g/mol. The third kappa shape index (κ3) is 2.18. The van der Waals surface area contributed by atoms with E-state index in [4.69, 9.17) is 21.6 Å². The summed E-state index contributed by atoms with van der Waals surface area (Å²) in [6.07, 6.45) is 1.35. The highest BCUT2D eigenvalue weighted by Gasteiger charge is 2.27. The average Bonchev–Trinajstić information content (AvgIpc) is 2.32. The van der Waals surface area contributed by atoms with Crippen molar-refractivity contribution in [1.29, 1.82) is 5.26 Å². The van der Waals surface area contributed by atoms with Crippen molar-refractivity contribution >= 4 is 11.6 Å². The van der Waals surface area contributed by atoms with Gasteiger partial charge < -0.3 is 4.74 Å². The fraction of sp³-hybridized carbons (Fsp3) is 0.417. The maximum Gasteiger partial charge on any atom is 0.142 e. The van der Waals surface area contributed by atoms with Gasteiger partial charge in [0.15, 0.2) is 0 Å². The highest BCUT2D eigenvalue weighted by molar-refractivity contribution is 6.30. The lowest BCUT2D eigenvalue weighted by atomic mass is 9.91. The predicted molar refractivity (Wildman–Crippen MR) is 58.4 cm³/mol. The molecule has 1 heterocycles. The minimum absolute atomic E-state index is 0.0908. The van der Waals surface area contributed by atoms with E-state index in [0.717, 1.165) is 12.8 Å². The number of nitriles is 1. The number of hydrogen-bond acceptors (Lipinski definition) is 2. The number of hydrogen-bond donors (Lipinski definition) is 0. The Hall–Kier alpha value is -1.11. The lowest BCUT2D eigenvalue weighted by Gasteiger charge is -2.27. The van der Waals surface area contributed by atoms with Crippen LogP contribution in [0.1, 0.15) is 24.5 Å². The fourth-order valence-corrected chi connectivity index (χ4v) is 2.05. The van der Waals surface area contributed by atoms with Crippen molar-refractivity contribution in [3.63, 3.8) is 0 Å². The third-order valence-electron chi connectivity index (χ3n) is 2.76. The summed E-state index contributed by atoms with van der Waals surface area (Å²) in [6.45, 7) is 0.618. The minimum Gasteiger partial charge on any atom is -0.372 e. The summed E-state index contributed by atoms with van der Waals surface area (Å²) in [7, 11) is 0. The van der Waals surface area contributed by atoms with E-state index < -0.39 is 5.82 Å². The fourth-order valence-electron chi connectivity index (χ4n) is 1.93. The molecule has 0 radical (unpaired) electrons. The summed E-state index contributed by atoms with van der Waals surface area (Å²) in [5.41, 5.74) is 0.688. The van der Waals surface area contributed by atoms with E-state index in [2.05, 4.69) is 6.07 Å². The number of benzene rings is 1. The van der Waals surface area contributed by atoms with Crippen LogP contribution in [-0.4, -0.2) is 6.61 Å². The largest absolute Gasteiger partial charge is 0.372 e. The topological polar surface area (TPSA) is 33.0 Å². The first-order valence-corrected chi connectivity index (χ1v) is 5.56. The van der Waals surface area contributed by atoms with Gasteiger partial charge in [-0.05, 0) is 30.5 Å². The van der Waals surface area contributed by atoms with Gasteiger partial charge in [-0.25, -0.2) is 4.39 Å². The van der Waals surface area contributed by atoms with Crippen molar-refractivity contribution in [3.05, 3.63) is 34.6 Å². The highest BCUT2D eigenvalue weighted by Crippen LogP contribution is 2.34. The Labute approximate surface area is 98.6 Å². The molecule has 1 saturated heterocycles. The van der Waals surface area contributed by atoms with Crippen molar-refractivity contribution in [3.8, 4) is 6.07 Å². The van der Waals surface area contributed by atoms with Gasteiger partial charge in [0.2, 0.25) is 0 Å². The molecule has 84 valence electrons. The Balaban J connectivity index is 2.28. The van der Waals surface area contributed by atoms with E-state index in [1.54, 1.807) is 6.07 Å². The van der Waals surface area contributed by atoms with E-state index >= 15 is 0 Å². The summed E-state index contributed by atoms with van der Waals surface area (Å²) in [6, 6.07) is 6.77. The Bertz CT molecular complexity index is 430. The first kappa shape index (κ1) is 11.4. The molecule has 0 aliphatic carbocycles. The molecule has 1 aromatic rings. The van der Waals surface area contributed by atoms with Crippen LogP contribution in [0, 0.1) is 23.1 Å². The first-order chi connectivity index (χ1) is 7.72. The van der Waals surface area contributed by atoms with Gasteiger partial charge in [0, 0.05) is 6.61 Å². The molecule has 0 N–H and O–H groups in total. The van der Waals surface area contributed by atoms with Gasteiger partial charge in [0.25, 0.3) is 0 Å². The van der Waals surface area contributed by atoms with Crippen molar-refractivity contribution in [1.82, 2.24) is 0 Å². The van der Waals surface area contributed by atoms with Crippen molar-refractivity contribution in [2.75, 3.05) is 6.61 Å². The van der Waals surface area contributed by atoms with Gasteiger partial charge in [-0.15, -0.1) is 0 Å². The van der Waals surface area contributed by atoms with Crippen molar-refractivity contribution in [2.24, 2.45) is 5.92 Å². The highest BCUT2D eigenvalue weighted by atomic mass is 35.5. The number of halogens is 2. The second kappa shape index (κ2) is 4.82. The van der Waals surface area contributed by atoms with Gasteiger partial charge in [0.1, 0.15) is 5.82 Å². The van der Waals surface area contributed by atoms with E-state index in [1.807, 2.05) is 0 Å². The zero-order chi connectivity index (χ0) is 11.5. The maximum atomic E-state index is 13.3. The van der Waals surface area contributed by atoms with Gasteiger partial charge in [0.05, 0.1) is 23.1 Å². The third-order valence-corrected chi connectivity index (χ3v) is 3.07. The smallest absolute Gasteiger partial charge is 0.142 e. The molecule has 2 rings (SSSR count). The van der Waals surface area contributed by atoms with Crippen LogP contribution in [0.25, 0.3) is 0 Å². The standard InChI is InChI=1S/C12H11ClFNO/c13-10-4-3-8(6-11(10)14)12-9(7-15)2-1-5-16-12/h3-4,6,9,12H,1-2,5H2. The Kier molecular flexibility index (Phi) is 3.42. The second-order valence-corrected chi connectivity index (χ2v) is 4.25. The van der Waals surface area contributed by atoms with E-state index in [-0.39, 0.29) is 17.0 Å². The number of rotatable bonds is 1. The van der Waals surface area contributed by atoms with Crippen LogP contribution in [0.15, 0.2) is 18.2 Å². The number of ether oxygens (including phenoxy) is 1. The molecule has 2 atom stereocenters. The number of nitrogens with zero attached hydrogens (tertiary/aromatic N) is 1. The van der Waals surface area contributed by atoms with Crippen LogP contribution in [-0.2, 0) is 4.74 Å². The van der Waals surface area contributed by atoms with E-state index in [9.17, 15) is 4.39 Å². The molecule has 0 spiro atoms. The molecule has 1 aliphatic rings. The van der Waals surface area contributed by atoms with Gasteiger partial charge in [-0.1, -0.05) is 17.7 Å². The quantitative estimate of drug-likeness (QED) is 0.752. The van der Waals surface area contributed by atoms with Crippen LogP contribution in [0.3, 0.4) is 0 Å². The predicted octanol–water partition coefficient (Wildman–Crippen LogP) is 3.47. The summed E-state index contributed by atoms with van der Waals surface area (Å²) in [5.74, 6) is -0.667. The first-order valence-electron chi connectivity index (χ1n) is 5.18. The van der Waals surface area contributed by atoms with Gasteiger partial charge in [-0.2, -0.15) is 5.26 Å². The zero-order valence-electron chi connectivity index (χ0n) is 8.62. The lowest BCUT2D eigenvalue weighted by Crippen LogP contribution is -2.21. The Morgan fingerprint density at radius 2 is 2.31 bits per heavy atom. The van der Waals surface area contributed by atoms with Crippen molar-refractivity contribution in [2.45, 2.75) is 18.9 Å². The molecular formula is C12H11ClFNO. The summed E-state index contributed by atoms with van der Waals surface area (Å²) in [4.78, 5) is 0. The van der Waals surface area contributed by atoms with Crippen LogP contribution in [0.5, 0.6) is 0 Å². The molecule has 1 aliphatic heterocycles. The maximum absolute atomic E-state index is 13.3. The summed E-state index contributed by atoms with van der Waals surface area (Å²) >= 11 is 5.61. The normalized spacial score (nSPS) is 25.1. The molecule has 0 amide bonds. The van der Waals surface area contributed by atoms with Crippen LogP contribution >= 0.6 is 11.6 Å². The molecule has 0 aromatic heterocycles. The molecule has 1 fully saturated rings. The summed E-state index contributed by atoms with van der Waals surface area (Å²) < 4.78 is 18.8. The molecule has 2 nitrogen and oxygen atoms in total. The Morgan fingerprint density at radius 3 is 3.00 bits per heavy atom. The minimum atomic E-state index is -0.468. The second-order valence-electron chi connectivity index (χ2n) is 3.84. The monoisotopic (exact) mass is 239 g/mol. The van der Waals surface area contributed by atoms with Crippen LogP contribution in [0.4, 0.5) is 4.39 Å². The molecule has 1 aromatic carbocycles. The Morgan fingerprint density at radius 1 is 1.50 bits per heavy atom. The van der Waals surface area contributed by atoms with E-state index in [1.165, 1.54) is 12.1 Å². The molecule has 16 heavy (non-hydrogen) atoms. The zero-order valence-corrected chi connectivity index (χ0v) is 9.38. The van der Waals surface area contributed by atoms with Crippen molar-refractivity contribution < 1.29 is 9.13 Å². The van der Waals surface area contributed by atoms with Crippen LogP contribution < -0.4 is 0 Å². The summed E-state index contributed by atoms with van der Waals surface area (Å²) in [5, 5.41) is 9.09. The lowest BCUT2D eigenvalue weighted by molar-refractivity contribution is -0.0103. The molecule has 0 bridgehead atoms. The molecular weight excluding hydrogens is 229 g/mol. The van der Waals surface area contributed by atoms with Gasteiger partial charge in [-0.3, -0.25) is 0 Å². The SMILES string of the molecule is N#CC1CCCOC1c1ccc(Cl)c(F)c1.